The molecule has 3 aliphatic heterocycles. The zero-order valence-corrected chi connectivity index (χ0v) is 34.5. The molecule has 3 heterocycles. The summed E-state index contributed by atoms with van der Waals surface area (Å²) in [5.41, 5.74) is -2.47. The van der Waals surface area contributed by atoms with Crippen LogP contribution in [0.5, 0.6) is 11.5 Å². The molecule has 4 bridgehead atoms. The van der Waals surface area contributed by atoms with Gasteiger partial charge in [-0.25, -0.2) is 0 Å². The molecular weight excluding hydrogens is 758 g/mol. The fourth-order valence-electron chi connectivity index (χ4n) is 7.67. The number of carbonyl (C=O) groups is 5. The molecule has 1 amide bonds. The summed E-state index contributed by atoms with van der Waals surface area (Å²) < 4.78 is 28.0. The third-order valence-corrected chi connectivity index (χ3v) is 10.9. The predicted octanol–water partition coefficient (Wildman–Crippen LogP) is 3.68. The molecule has 0 aromatic heterocycles. The topological polar surface area (TPSA) is 245 Å². The summed E-state index contributed by atoms with van der Waals surface area (Å²) in [6, 6.07) is 0. The van der Waals surface area contributed by atoms with Crippen molar-refractivity contribution < 1.29 is 73.2 Å². The van der Waals surface area contributed by atoms with Crippen LogP contribution in [-0.2, 0) is 38.1 Å². The van der Waals surface area contributed by atoms with Crippen LogP contribution in [0.1, 0.15) is 83.8 Å². The van der Waals surface area contributed by atoms with Crippen LogP contribution in [0.15, 0.2) is 52.5 Å². The van der Waals surface area contributed by atoms with Crippen molar-refractivity contribution in [2.75, 3.05) is 19.2 Å². The molecule has 5 rings (SSSR count). The molecule has 1 aromatic carbocycles. The van der Waals surface area contributed by atoms with Crippen LogP contribution in [-0.4, -0.2) is 99.1 Å². The molecular formula is C42H53NO15. The molecule has 9 atom stereocenters. The summed E-state index contributed by atoms with van der Waals surface area (Å²) in [5, 5.41) is 61.2. The summed E-state index contributed by atoms with van der Waals surface area (Å²) >= 11 is 0. The van der Waals surface area contributed by atoms with E-state index >= 15 is 0 Å². The highest BCUT2D eigenvalue weighted by Gasteiger charge is 2.48. The smallest absolute Gasteiger partial charge is 0.313 e. The van der Waals surface area contributed by atoms with Gasteiger partial charge in [0.05, 0.1) is 42.2 Å². The Labute approximate surface area is 336 Å². The zero-order valence-electron chi connectivity index (χ0n) is 34.5. The van der Waals surface area contributed by atoms with E-state index in [0.717, 1.165) is 21.0 Å². The molecule has 16 nitrogen and oxygen atoms in total. The zero-order chi connectivity index (χ0) is 43.7. The lowest BCUT2D eigenvalue weighted by molar-refractivity contribution is -0.171. The van der Waals surface area contributed by atoms with E-state index < -0.39 is 95.8 Å². The number of hydrogen-bond donors (Lipinski definition) is 6. The molecule has 4 aliphatic rings. The van der Waals surface area contributed by atoms with Crippen LogP contribution in [0.4, 0.5) is 5.69 Å². The second kappa shape index (κ2) is 17.7. The van der Waals surface area contributed by atoms with E-state index in [2.05, 4.69) is 5.32 Å². The Morgan fingerprint density at radius 2 is 1.50 bits per heavy atom. The van der Waals surface area contributed by atoms with Crippen LogP contribution < -0.4 is 10.1 Å². The standard InChI is InChI=1S/C42H53NO15/c1-17-13-12-14-18(2)40(51)43-30-20(4)38(58-25(9)45)26-27(34(30)49)31(46)22(6)37-28(26)36(55-16-56-37)19(3)15-42(10,53)39(50)23(7)33(48)29(41(52)54-11)32(47)21(5)35(17)57-24(8)44/h12-15,17,21,23,29,32-33,35,39,47-50,53H,16H2,1-11H3,(H,43,51)/b13-12-,18-14+,19-15+/t17-,21+,23+,29-,32-,33-,35-,39-,42-/m1/s1. The fraction of sp³-hybridized carbons (Fsp3) is 0.500. The number of ketones is 1. The third-order valence-electron chi connectivity index (χ3n) is 10.9. The van der Waals surface area contributed by atoms with E-state index in [1.807, 2.05) is 0 Å². The van der Waals surface area contributed by atoms with Crippen LogP contribution >= 0.6 is 0 Å². The molecule has 6 N–H and O–H groups in total. The number of aromatic hydroxyl groups is 1. The average Bonchev–Trinajstić information content (AvgIpc) is 3.16. The van der Waals surface area contributed by atoms with Crippen molar-refractivity contribution in [2.45, 2.75) is 99.3 Å². The van der Waals surface area contributed by atoms with Gasteiger partial charge < -0.3 is 54.5 Å². The van der Waals surface area contributed by atoms with Gasteiger partial charge in [0.2, 0.25) is 6.79 Å². The highest BCUT2D eigenvalue weighted by atomic mass is 16.7. The summed E-state index contributed by atoms with van der Waals surface area (Å²) in [5.74, 6) is -9.54. The number of aliphatic hydroxyl groups excluding tert-OH is 3. The van der Waals surface area contributed by atoms with Gasteiger partial charge in [-0.1, -0.05) is 39.0 Å². The number of anilines is 1. The second-order valence-electron chi connectivity index (χ2n) is 15.3. The highest BCUT2D eigenvalue weighted by molar-refractivity contribution is 6.21. The Morgan fingerprint density at radius 1 is 0.897 bits per heavy atom. The molecule has 0 saturated heterocycles. The number of methoxy groups -OCH3 is 1. The Hall–Kier alpha value is -5.29. The lowest BCUT2D eigenvalue weighted by atomic mass is 9.75. The van der Waals surface area contributed by atoms with Crippen molar-refractivity contribution in [1.82, 2.24) is 0 Å². The maximum Gasteiger partial charge on any atom is 0.313 e. The van der Waals surface area contributed by atoms with E-state index in [-0.39, 0.29) is 61.9 Å². The normalized spacial score (nSPS) is 32.1. The van der Waals surface area contributed by atoms with Crippen molar-refractivity contribution in [3.63, 3.8) is 0 Å². The highest BCUT2D eigenvalue weighted by Crippen LogP contribution is 2.53. The van der Waals surface area contributed by atoms with Gasteiger partial charge in [0.1, 0.15) is 34.9 Å². The number of phenols is 1. The van der Waals surface area contributed by atoms with Crippen LogP contribution in [0, 0.1) is 30.6 Å². The first-order valence-electron chi connectivity index (χ1n) is 18.7. The van der Waals surface area contributed by atoms with Gasteiger partial charge in [0.15, 0.2) is 11.5 Å². The number of phenolic OH excluding ortho intramolecular Hbond substituents is 1. The number of esters is 3. The number of rotatable bonds is 3. The van der Waals surface area contributed by atoms with Crippen molar-refractivity contribution >= 4 is 40.9 Å². The number of aliphatic hydroxyl groups is 4. The lowest BCUT2D eigenvalue weighted by Gasteiger charge is -2.39. The molecule has 0 unspecified atom stereocenters. The number of ether oxygens (including phenoxy) is 5. The number of allylic oxidation sites excluding steroid dienone is 5. The Morgan fingerprint density at radius 3 is 2.09 bits per heavy atom. The van der Waals surface area contributed by atoms with Gasteiger partial charge >= 0.3 is 17.9 Å². The third kappa shape index (κ3) is 8.74. The van der Waals surface area contributed by atoms with Crippen molar-refractivity contribution in [2.24, 2.45) is 23.7 Å². The maximum absolute atomic E-state index is 14.0. The van der Waals surface area contributed by atoms with E-state index in [9.17, 15) is 49.5 Å². The fourth-order valence-corrected chi connectivity index (χ4v) is 7.67. The minimum Gasteiger partial charge on any atom is -0.505 e. The number of hydrogen-bond acceptors (Lipinski definition) is 15. The average molecular weight is 812 g/mol. The Kier molecular flexibility index (Phi) is 13.8. The SMILES string of the molecule is COC(=O)[C@@H]1[C@H](O)[C@H](C)[C@H](OC(C)=O)[C@H](C)/C=C\C=C(/C)C(=O)Nc2c(C)c(OC(C)=O)c3c(c2O)C(=O)C(C)=C2OCOC(=C23)/C(C)=C/[C@@](C)(O)[C@H](O)[C@@H](C)[C@H]1O. The van der Waals surface area contributed by atoms with E-state index in [4.69, 9.17) is 23.7 Å². The number of nitrogens with one attached hydrogen (secondary N) is 1. The first-order chi connectivity index (χ1) is 27.0. The summed E-state index contributed by atoms with van der Waals surface area (Å²) in [7, 11) is 1.05. The number of amides is 1. The predicted molar refractivity (Wildman–Crippen MR) is 208 cm³/mol. The van der Waals surface area contributed by atoms with Gasteiger partial charge in [-0.3, -0.25) is 24.0 Å². The van der Waals surface area contributed by atoms with Crippen LogP contribution in [0.2, 0.25) is 0 Å². The van der Waals surface area contributed by atoms with E-state index in [1.165, 1.54) is 66.7 Å². The molecule has 0 fully saturated rings. The quantitative estimate of drug-likeness (QED) is 0.145. The lowest BCUT2D eigenvalue weighted by Crippen LogP contribution is -2.53. The number of Topliss-reactive ketones (excluding diaryl/α,β-unsaturated/α-hetero) is 1. The van der Waals surface area contributed by atoms with Crippen LogP contribution in [0.3, 0.4) is 0 Å². The molecule has 16 heteroatoms. The minimum atomic E-state index is -2.20. The molecule has 1 aliphatic carbocycles. The largest absolute Gasteiger partial charge is 0.505 e. The first-order valence-corrected chi connectivity index (χ1v) is 18.7. The van der Waals surface area contributed by atoms with Crippen LogP contribution in [0.25, 0.3) is 5.57 Å². The van der Waals surface area contributed by atoms with Gasteiger partial charge in [0.25, 0.3) is 5.91 Å². The molecule has 0 saturated carbocycles. The molecule has 58 heavy (non-hydrogen) atoms. The number of carbonyl (C=O) groups excluding carboxylic acids is 5. The minimum absolute atomic E-state index is 0.00899. The maximum atomic E-state index is 14.0. The monoisotopic (exact) mass is 811 g/mol. The molecule has 0 radical (unpaired) electrons. The first kappa shape index (κ1) is 45.4. The number of fused-ring (bicyclic) bond motifs is 14. The van der Waals surface area contributed by atoms with Gasteiger partial charge in [-0.15, -0.1) is 0 Å². The second-order valence-corrected chi connectivity index (χ2v) is 15.3. The van der Waals surface area contributed by atoms with Crippen molar-refractivity contribution in [1.29, 1.82) is 0 Å². The Balaban J connectivity index is 2.08. The molecule has 316 valence electrons. The number of benzene rings is 1. The van der Waals surface area contributed by atoms with Crippen molar-refractivity contribution in [3.8, 4) is 11.5 Å². The molecule has 0 spiro atoms. The summed E-state index contributed by atoms with van der Waals surface area (Å²) in [4.78, 5) is 65.7. The van der Waals surface area contributed by atoms with Crippen molar-refractivity contribution in [3.05, 3.63) is 69.2 Å². The summed E-state index contributed by atoms with van der Waals surface area (Å²) in [6.07, 6.45) is -0.755. The van der Waals surface area contributed by atoms with Gasteiger partial charge in [-0.05, 0) is 46.3 Å². The summed E-state index contributed by atoms with van der Waals surface area (Å²) in [6.45, 7) is 13.5. The van der Waals surface area contributed by atoms with E-state index in [1.54, 1.807) is 13.0 Å². The van der Waals surface area contributed by atoms with E-state index in [0.29, 0.717) is 0 Å². The van der Waals surface area contributed by atoms with Gasteiger partial charge in [-0.2, -0.15) is 0 Å². The van der Waals surface area contributed by atoms with Gasteiger partial charge in [0, 0.05) is 53.9 Å². The molecule has 1 aromatic rings. The Bertz CT molecular complexity index is 2040.